The Balaban J connectivity index is 1.30. The first-order valence-electron chi connectivity index (χ1n) is 9.32. The highest BCUT2D eigenvalue weighted by atomic mass is 16.5. The van der Waals surface area contributed by atoms with Crippen LogP contribution in [-0.2, 0) is 12.8 Å². The summed E-state index contributed by atoms with van der Waals surface area (Å²) in [6.07, 6.45) is 3.98. The van der Waals surface area contributed by atoms with Crippen molar-refractivity contribution in [3.8, 4) is 5.75 Å². The molecule has 3 heteroatoms. The van der Waals surface area contributed by atoms with Crippen molar-refractivity contribution in [1.29, 1.82) is 0 Å². The standard InChI is InChI=1S/C23H23NO2/c25-23(24-15-4-5-16-26-19-8-2-1-3-9-19)21-14-13-18-12-11-17-7-6-10-20(21)22(17)18/h1-3,6-10,13-14H,4-5,11-12,15-16H2,(H,24,25). The van der Waals surface area contributed by atoms with E-state index in [1.165, 1.54) is 16.5 Å². The summed E-state index contributed by atoms with van der Waals surface area (Å²) >= 11 is 0. The number of hydrogen-bond donors (Lipinski definition) is 1. The molecule has 3 aromatic rings. The molecule has 0 atom stereocenters. The van der Waals surface area contributed by atoms with Crippen molar-refractivity contribution in [2.45, 2.75) is 25.7 Å². The molecular weight excluding hydrogens is 322 g/mol. The summed E-state index contributed by atoms with van der Waals surface area (Å²) in [7, 11) is 0. The number of carbonyl (C=O) groups is 1. The van der Waals surface area contributed by atoms with Gasteiger partial charge in [0.2, 0.25) is 0 Å². The lowest BCUT2D eigenvalue weighted by atomic mass is 9.99. The van der Waals surface area contributed by atoms with Crippen LogP contribution in [0.25, 0.3) is 10.8 Å². The number of rotatable bonds is 7. The maximum absolute atomic E-state index is 12.6. The molecule has 132 valence electrons. The third-order valence-corrected chi connectivity index (χ3v) is 4.99. The Hall–Kier alpha value is -2.81. The molecule has 0 unspecified atom stereocenters. The van der Waals surface area contributed by atoms with E-state index >= 15 is 0 Å². The van der Waals surface area contributed by atoms with Crippen LogP contribution in [-0.4, -0.2) is 19.1 Å². The minimum absolute atomic E-state index is 0.0181. The average molecular weight is 345 g/mol. The summed E-state index contributed by atoms with van der Waals surface area (Å²) in [5, 5.41) is 5.43. The van der Waals surface area contributed by atoms with Crippen LogP contribution in [0.2, 0.25) is 0 Å². The topological polar surface area (TPSA) is 38.3 Å². The molecule has 4 rings (SSSR count). The summed E-state index contributed by atoms with van der Waals surface area (Å²) in [5.41, 5.74) is 3.52. The molecule has 0 radical (unpaired) electrons. The van der Waals surface area contributed by atoms with Crippen molar-refractivity contribution in [3.63, 3.8) is 0 Å². The molecule has 26 heavy (non-hydrogen) atoms. The molecule has 0 saturated carbocycles. The smallest absolute Gasteiger partial charge is 0.251 e. The number of nitrogens with one attached hydrogen (secondary N) is 1. The summed E-state index contributed by atoms with van der Waals surface area (Å²) in [5.74, 6) is 0.911. The highest BCUT2D eigenvalue weighted by Crippen LogP contribution is 2.32. The van der Waals surface area contributed by atoms with Gasteiger partial charge in [-0.2, -0.15) is 0 Å². The summed E-state index contributed by atoms with van der Waals surface area (Å²) in [6.45, 7) is 1.33. The van der Waals surface area contributed by atoms with Gasteiger partial charge in [-0.3, -0.25) is 4.79 Å². The summed E-state index contributed by atoms with van der Waals surface area (Å²) in [6, 6.07) is 20.2. The van der Waals surface area contributed by atoms with Gasteiger partial charge < -0.3 is 10.1 Å². The largest absolute Gasteiger partial charge is 0.494 e. The monoisotopic (exact) mass is 345 g/mol. The molecule has 3 aromatic carbocycles. The van der Waals surface area contributed by atoms with Crippen LogP contribution < -0.4 is 10.1 Å². The Morgan fingerprint density at radius 1 is 0.885 bits per heavy atom. The summed E-state index contributed by atoms with van der Waals surface area (Å²) < 4.78 is 5.68. The van der Waals surface area contributed by atoms with Crippen molar-refractivity contribution in [2.24, 2.45) is 0 Å². The fraction of sp³-hybridized carbons (Fsp3) is 0.261. The predicted octanol–water partition coefficient (Wildman–Crippen LogP) is 4.53. The second-order valence-corrected chi connectivity index (χ2v) is 6.74. The summed E-state index contributed by atoms with van der Waals surface area (Å²) in [4.78, 5) is 12.6. The van der Waals surface area contributed by atoms with E-state index < -0.39 is 0 Å². The van der Waals surface area contributed by atoms with Crippen LogP contribution in [0.5, 0.6) is 5.75 Å². The fourth-order valence-corrected chi connectivity index (χ4v) is 3.68. The van der Waals surface area contributed by atoms with E-state index in [1.54, 1.807) is 0 Å². The first-order valence-corrected chi connectivity index (χ1v) is 9.32. The predicted molar refractivity (Wildman–Crippen MR) is 105 cm³/mol. The van der Waals surface area contributed by atoms with Gasteiger partial charge in [0.1, 0.15) is 5.75 Å². The zero-order chi connectivity index (χ0) is 17.8. The van der Waals surface area contributed by atoms with Crippen LogP contribution in [0.3, 0.4) is 0 Å². The van der Waals surface area contributed by atoms with Gasteiger partial charge in [-0.15, -0.1) is 0 Å². The van der Waals surface area contributed by atoms with E-state index in [4.69, 9.17) is 4.74 Å². The molecule has 1 aliphatic carbocycles. The van der Waals surface area contributed by atoms with Gasteiger partial charge in [0.05, 0.1) is 6.61 Å². The molecule has 3 nitrogen and oxygen atoms in total. The molecule has 0 aromatic heterocycles. The number of carbonyl (C=O) groups excluding carboxylic acids is 1. The maximum atomic E-state index is 12.6. The van der Waals surface area contributed by atoms with E-state index in [9.17, 15) is 4.79 Å². The van der Waals surface area contributed by atoms with Gasteiger partial charge >= 0.3 is 0 Å². The minimum Gasteiger partial charge on any atom is -0.494 e. The lowest BCUT2D eigenvalue weighted by Gasteiger charge is -2.10. The molecule has 0 aliphatic heterocycles. The number of hydrogen-bond acceptors (Lipinski definition) is 2. The number of amides is 1. The van der Waals surface area contributed by atoms with E-state index in [2.05, 4.69) is 29.6 Å². The lowest BCUT2D eigenvalue weighted by Crippen LogP contribution is -2.25. The Labute approximate surface area is 154 Å². The first-order chi connectivity index (χ1) is 12.8. The average Bonchev–Trinajstić information content (AvgIpc) is 3.10. The first kappa shape index (κ1) is 16.6. The van der Waals surface area contributed by atoms with Crippen LogP contribution in [0.1, 0.15) is 34.3 Å². The van der Waals surface area contributed by atoms with Gasteiger partial charge in [0.15, 0.2) is 0 Å². The van der Waals surface area contributed by atoms with Crippen LogP contribution in [0.4, 0.5) is 0 Å². The van der Waals surface area contributed by atoms with Gasteiger partial charge in [-0.05, 0) is 65.8 Å². The van der Waals surface area contributed by atoms with Crippen molar-refractivity contribution in [3.05, 3.63) is 77.4 Å². The second-order valence-electron chi connectivity index (χ2n) is 6.74. The Bertz CT molecular complexity index is 908. The van der Waals surface area contributed by atoms with Crippen LogP contribution in [0, 0.1) is 0 Å². The molecule has 1 N–H and O–H groups in total. The third kappa shape index (κ3) is 3.43. The molecule has 0 saturated heterocycles. The van der Waals surface area contributed by atoms with E-state index in [0.717, 1.165) is 42.4 Å². The highest BCUT2D eigenvalue weighted by molar-refractivity contribution is 6.09. The Kier molecular flexibility index (Phi) is 4.87. The second kappa shape index (κ2) is 7.61. The zero-order valence-electron chi connectivity index (χ0n) is 14.8. The third-order valence-electron chi connectivity index (χ3n) is 4.99. The van der Waals surface area contributed by atoms with E-state index in [-0.39, 0.29) is 5.91 Å². The minimum atomic E-state index is 0.0181. The molecule has 0 spiro atoms. The number of ether oxygens (including phenoxy) is 1. The lowest BCUT2D eigenvalue weighted by molar-refractivity contribution is 0.0954. The van der Waals surface area contributed by atoms with Crippen molar-refractivity contribution >= 4 is 16.7 Å². The van der Waals surface area contributed by atoms with Crippen LogP contribution in [0.15, 0.2) is 60.7 Å². The quantitative estimate of drug-likeness (QED) is 0.639. The Morgan fingerprint density at radius 2 is 1.69 bits per heavy atom. The number of unbranched alkanes of at least 4 members (excludes halogenated alkanes) is 1. The number of aryl methyl sites for hydroxylation is 2. The number of para-hydroxylation sites is 1. The molecule has 1 aliphatic rings. The highest BCUT2D eigenvalue weighted by Gasteiger charge is 2.18. The normalized spacial score (nSPS) is 12.3. The van der Waals surface area contributed by atoms with Gasteiger partial charge in [0, 0.05) is 12.1 Å². The molecule has 1 amide bonds. The van der Waals surface area contributed by atoms with E-state index in [0.29, 0.717) is 13.2 Å². The maximum Gasteiger partial charge on any atom is 0.251 e. The van der Waals surface area contributed by atoms with E-state index in [1.807, 2.05) is 36.4 Å². The molecule has 0 fully saturated rings. The fourth-order valence-electron chi connectivity index (χ4n) is 3.68. The SMILES string of the molecule is O=C(NCCCCOc1ccccc1)c1ccc2c3c(cccc13)CC2. The van der Waals surface area contributed by atoms with Crippen molar-refractivity contribution in [2.75, 3.05) is 13.2 Å². The van der Waals surface area contributed by atoms with Crippen LogP contribution >= 0.6 is 0 Å². The molecular formula is C23H23NO2. The van der Waals surface area contributed by atoms with Gasteiger partial charge in [0.25, 0.3) is 5.91 Å². The molecule has 0 bridgehead atoms. The Morgan fingerprint density at radius 3 is 2.54 bits per heavy atom. The molecule has 0 heterocycles. The van der Waals surface area contributed by atoms with Crippen molar-refractivity contribution < 1.29 is 9.53 Å². The zero-order valence-corrected chi connectivity index (χ0v) is 14.8. The van der Waals surface area contributed by atoms with Gasteiger partial charge in [-0.1, -0.05) is 42.5 Å². The number of benzene rings is 3. The van der Waals surface area contributed by atoms with Gasteiger partial charge in [-0.25, -0.2) is 0 Å². The van der Waals surface area contributed by atoms with Crippen molar-refractivity contribution in [1.82, 2.24) is 5.32 Å².